The van der Waals surface area contributed by atoms with Gasteiger partial charge in [0, 0.05) is 12.0 Å². The maximum atomic E-state index is 11.6. The van der Waals surface area contributed by atoms with Gasteiger partial charge in [-0.1, -0.05) is 56.4 Å². The maximum absolute atomic E-state index is 11.6. The van der Waals surface area contributed by atoms with Gasteiger partial charge in [-0.05, 0) is 11.0 Å². The number of nitrogens with one attached hydrogen (secondary N) is 1. The van der Waals surface area contributed by atoms with E-state index in [9.17, 15) is 9.59 Å². The summed E-state index contributed by atoms with van der Waals surface area (Å²) in [7, 11) is 0. The molecular weight excluding hydrogens is 314 g/mol. The van der Waals surface area contributed by atoms with E-state index >= 15 is 0 Å². The molecule has 0 saturated heterocycles. The Bertz CT molecular complexity index is 702. The molecule has 6 nitrogen and oxygen atoms in total. The molecule has 0 radical (unpaired) electrons. The Morgan fingerprint density at radius 1 is 1.13 bits per heavy atom. The van der Waals surface area contributed by atoms with Crippen molar-refractivity contribution in [1.29, 1.82) is 0 Å². The van der Waals surface area contributed by atoms with Gasteiger partial charge in [0.2, 0.25) is 11.0 Å². The second-order valence-corrected chi connectivity index (χ2v) is 7.16. The zero-order valence-electron chi connectivity index (χ0n) is 13.3. The third-order valence-electron chi connectivity index (χ3n) is 3.24. The number of aromatic nitrogens is 2. The molecule has 1 amide bonds. The van der Waals surface area contributed by atoms with E-state index in [1.807, 2.05) is 12.1 Å². The van der Waals surface area contributed by atoms with Crippen LogP contribution >= 0.6 is 11.3 Å². The Labute approximate surface area is 138 Å². The van der Waals surface area contributed by atoms with Gasteiger partial charge in [0.15, 0.2) is 0 Å². The van der Waals surface area contributed by atoms with E-state index in [1.54, 1.807) is 0 Å². The van der Waals surface area contributed by atoms with Crippen molar-refractivity contribution in [2.24, 2.45) is 0 Å². The molecule has 7 heteroatoms. The van der Waals surface area contributed by atoms with E-state index in [1.165, 1.54) is 16.9 Å². The highest BCUT2D eigenvalue weighted by molar-refractivity contribution is 7.18. The minimum absolute atomic E-state index is 0.0788. The third-order valence-corrected chi connectivity index (χ3v) is 4.12. The number of aliphatic carboxylic acids is 1. The van der Waals surface area contributed by atoms with Crippen LogP contribution in [0.3, 0.4) is 0 Å². The summed E-state index contributed by atoms with van der Waals surface area (Å²) < 4.78 is 0. The fourth-order valence-corrected chi connectivity index (χ4v) is 2.67. The van der Waals surface area contributed by atoms with Gasteiger partial charge in [0.1, 0.15) is 5.01 Å². The minimum Gasteiger partial charge on any atom is -0.481 e. The van der Waals surface area contributed by atoms with Crippen molar-refractivity contribution in [3.05, 3.63) is 29.8 Å². The summed E-state index contributed by atoms with van der Waals surface area (Å²) in [6.07, 6.45) is -0.281. The molecule has 1 heterocycles. The highest BCUT2D eigenvalue weighted by Gasteiger charge is 2.15. The van der Waals surface area contributed by atoms with Crippen molar-refractivity contribution in [2.45, 2.75) is 39.0 Å². The molecule has 2 N–H and O–H groups in total. The van der Waals surface area contributed by atoms with Crippen LogP contribution in [0.4, 0.5) is 5.13 Å². The van der Waals surface area contributed by atoms with Gasteiger partial charge in [-0.2, -0.15) is 0 Å². The van der Waals surface area contributed by atoms with Gasteiger partial charge in [-0.3, -0.25) is 9.59 Å². The SMILES string of the molecule is CC(C)(C)c1ccc(-c2nnc(NC(=O)CCC(=O)O)s2)cc1. The second kappa shape index (κ2) is 6.87. The van der Waals surface area contributed by atoms with Crippen LogP contribution < -0.4 is 5.32 Å². The van der Waals surface area contributed by atoms with Crippen LogP contribution in [0.5, 0.6) is 0 Å². The summed E-state index contributed by atoms with van der Waals surface area (Å²) in [4.78, 5) is 22.0. The van der Waals surface area contributed by atoms with E-state index in [0.29, 0.717) is 10.1 Å². The first kappa shape index (κ1) is 17.1. The molecule has 0 aliphatic heterocycles. The lowest BCUT2D eigenvalue weighted by atomic mass is 9.87. The summed E-state index contributed by atoms with van der Waals surface area (Å²) in [5.41, 5.74) is 2.25. The smallest absolute Gasteiger partial charge is 0.303 e. The van der Waals surface area contributed by atoms with Gasteiger partial charge < -0.3 is 10.4 Å². The molecule has 0 aliphatic rings. The van der Waals surface area contributed by atoms with Gasteiger partial charge in [-0.15, -0.1) is 10.2 Å². The molecule has 2 rings (SSSR count). The first-order chi connectivity index (χ1) is 10.8. The zero-order valence-corrected chi connectivity index (χ0v) is 14.1. The molecule has 2 aromatic rings. The summed E-state index contributed by atoms with van der Waals surface area (Å²) in [6, 6.07) is 8.08. The molecule has 1 aromatic heterocycles. The molecule has 23 heavy (non-hydrogen) atoms. The quantitative estimate of drug-likeness (QED) is 0.876. The average Bonchev–Trinajstić information content (AvgIpc) is 2.93. The van der Waals surface area contributed by atoms with Crippen LogP contribution in [0.25, 0.3) is 10.6 Å². The summed E-state index contributed by atoms with van der Waals surface area (Å²) in [6.45, 7) is 6.45. The minimum atomic E-state index is -1.00. The van der Waals surface area contributed by atoms with Gasteiger partial charge in [-0.25, -0.2) is 0 Å². The van der Waals surface area contributed by atoms with E-state index in [4.69, 9.17) is 5.11 Å². The lowest BCUT2D eigenvalue weighted by molar-refractivity contribution is -0.138. The predicted molar refractivity (Wildman–Crippen MR) is 89.5 cm³/mol. The number of benzene rings is 1. The van der Waals surface area contributed by atoms with Crippen molar-refractivity contribution in [1.82, 2.24) is 10.2 Å². The highest BCUT2D eigenvalue weighted by Crippen LogP contribution is 2.29. The Morgan fingerprint density at radius 2 is 1.78 bits per heavy atom. The lowest BCUT2D eigenvalue weighted by Crippen LogP contribution is -2.12. The molecule has 0 saturated carbocycles. The van der Waals surface area contributed by atoms with Crippen molar-refractivity contribution in [2.75, 3.05) is 5.32 Å². The molecule has 0 aliphatic carbocycles. The average molecular weight is 333 g/mol. The van der Waals surface area contributed by atoms with E-state index in [0.717, 1.165) is 5.56 Å². The number of carboxylic acid groups (broad SMARTS) is 1. The Kier molecular flexibility index (Phi) is 5.10. The van der Waals surface area contributed by atoms with Gasteiger partial charge in [0.25, 0.3) is 0 Å². The predicted octanol–water partition coefficient (Wildman–Crippen LogP) is 3.31. The molecule has 122 valence electrons. The normalized spacial score (nSPS) is 11.3. The topological polar surface area (TPSA) is 92.2 Å². The number of hydrogen-bond acceptors (Lipinski definition) is 5. The number of carboxylic acids is 1. The molecule has 0 fully saturated rings. The van der Waals surface area contributed by atoms with Crippen LogP contribution in [-0.4, -0.2) is 27.2 Å². The standard InChI is InChI=1S/C16H19N3O3S/c1-16(2,3)11-6-4-10(5-7-11)14-18-19-15(23-14)17-12(20)8-9-13(21)22/h4-7H,8-9H2,1-3H3,(H,21,22)(H,17,19,20). The summed E-state index contributed by atoms with van der Waals surface area (Å²) >= 11 is 1.26. The van der Waals surface area contributed by atoms with E-state index in [-0.39, 0.29) is 24.2 Å². The Balaban J connectivity index is 2.04. The molecule has 0 bridgehead atoms. The van der Waals surface area contributed by atoms with Crippen LogP contribution in [-0.2, 0) is 15.0 Å². The third kappa shape index (κ3) is 4.85. The second-order valence-electron chi connectivity index (χ2n) is 6.18. The first-order valence-electron chi connectivity index (χ1n) is 7.22. The number of carbonyl (C=O) groups excluding carboxylic acids is 1. The first-order valence-corrected chi connectivity index (χ1v) is 8.03. The summed E-state index contributed by atoms with van der Waals surface area (Å²) in [5, 5.41) is 20.2. The largest absolute Gasteiger partial charge is 0.481 e. The van der Waals surface area contributed by atoms with Crippen LogP contribution in [0.15, 0.2) is 24.3 Å². The molecule has 0 spiro atoms. The molecule has 1 aromatic carbocycles. The monoisotopic (exact) mass is 333 g/mol. The van der Waals surface area contributed by atoms with Crippen molar-refractivity contribution in [3.63, 3.8) is 0 Å². The fourth-order valence-electron chi connectivity index (χ4n) is 1.91. The van der Waals surface area contributed by atoms with Crippen LogP contribution in [0.2, 0.25) is 0 Å². The lowest BCUT2D eigenvalue weighted by Gasteiger charge is -2.18. The van der Waals surface area contributed by atoms with Gasteiger partial charge >= 0.3 is 5.97 Å². The van der Waals surface area contributed by atoms with Crippen LogP contribution in [0, 0.1) is 0 Å². The van der Waals surface area contributed by atoms with E-state index in [2.05, 4.69) is 48.4 Å². The Hall–Kier alpha value is -2.28. The highest BCUT2D eigenvalue weighted by atomic mass is 32.1. The van der Waals surface area contributed by atoms with Gasteiger partial charge in [0.05, 0.1) is 6.42 Å². The number of anilines is 1. The van der Waals surface area contributed by atoms with Crippen molar-refractivity contribution < 1.29 is 14.7 Å². The maximum Gasteiger partial charge on any atom is 0.303 e. The van der Waals surface area contributed by atoms with Crippen LogP contribution in [0.1, 0.15) is 39.2 Å². The van der Waals surface area contributed by atoms with E-state index < -0.39 is 5.97 Å². The van der Waals surface area contributed by atoms with Crippen molar-refractivity contribution in [3.8, 4) is 10.6 Å². The number of hydrogen-bond donors (Lipinski definition) is 2. The summed E-state index contributed by atoms with van der Waals surface area (Å²) in [5.74, 6) is -1.38. The fraction of sp³-hybridized carbons (Fsp3) is 0.375. The number of amides is 1. The molecular formula is C16H19N3O3S. The zero-order chi connectivity index (χ0) is 17.0. The molecule has 0 atom stereocenters. The molecule has 0 unspecified atom stereocenters. The number of nitrogens with zero attached hydrogens (tertiary/aromatic N) is 2. The Morgan fingerprint density at radius 3 is 2.35 bits per heavy atom. The van der Waals surface area contributed by atoms with Crippen molar-refractivity contribution >= 4 is 28.3 Å². The number of carbonyl (C=O) groups is 2. The number of rotatable bonds is 5.